The molecule has 0 bridgehead atoms. The summed E-state index contributed by atoms with van der Waals surface area (Å²) in [5, 5.41) is 8.57. The number of furan rings is 1. The van der Waals surface area contributed by atoms with Crippen molar-refractivity contribution in [3.63, 3.8) is 0 Å². The molecule has 0 aliphatic carbocycles. The zero-order valence-corrected chi connectivity index (χ0v) is 30.1. The van der Waals surface area contributed by atoms with E-state index >= 15 is 0 Å². The van der Waals surface area contributed by atoms with Gasteiger partial charge in [0.2, 0.25) is 0 Å². The van der Waals surface area contributed by atoms with Crippen LogP contribution >= 0.6 is 11.3 Å². The summed E-state index contributed by atoms with van der Waals surface area (Å²) in [6, 6.07) is 59.4. The van der Waals surface area contributed by atoms with Gasteiger partial charge in [-0.3, -0.25) is 0 Å². The number of fused-ring (bicyclic) bond motifs is 10. The van der Waals surface area contributed by atoms with Gasteiger partial charge in [0.1, 0.15) is 11.1 Å². The minimum absolute atomic E-state index is 0.830. The Bertz CT molecular complexity index is 3350. The van der Waals surface area contributed by atoms with Gasteiger partial charge in [-0.05, 0) is 82.9 Å². The van der Waals surface area contributed by atoms with Crippen molar-refractivity contribution in [2.75, 3.05) is 4.90 Å². The van der Waals surface area contributed by atoms with Crippen LogP contribution in [0.5, 0.6) is 0 Å². The second-order valence-corrected chi connectivity index (χ2v) is 15.4. The first-order chi connectivity index (χ1) is 26.7. The molecule has 0 spiro atoms. The van der Waals surface area contributed by atoms with Crippen LogP contribution in [0.25, 0.3) is 97.3 Å². The van der Waals surface area contributed by atoms with E-state index in [0.29, 0.717) is 0 Å². The topological polar surface area (TPSA) is 29.3 Å². The number of hydrogen-bond acceptors (Lipinski definition) is 4. The molecule has 11 aromatic rings. The third-order valence-electron chi connectivity index (χ3n) is 11.4. The van der Waals surface area contributed by atoms with Crippen LogP contribution in [0, 0.1) is 6.92 Å². The highest BCUT2D eigenvalue weighted by Crippen LogP contribution is 2.53. The highest BCUT2D eigenvalue weighted by Gasteiger charge is 2.28. The van der Waals surface area contributed by atoms with Gasteiger partial charge in [-0.15, -0.1) is 11.3 Å². The number of anilines is 3. The van der Waals surface area contributed by atoms with E-state index in [2.05, 4.69) is 163 Å². The Morgan fingerprint density at radius 3 is 2.17 bits per heavy atom. The molecule has 4 heterocycles. The molecule has 0 radical (unpaired) electrons. The monoisotopic (exact) mass is 706 g/mol. The molecule has 1 aliphatic heterocycles. The number of nitrogens with zero attached hydrogens (tertiary/aromatic N) is 2. The number of aromatic nitrogens is 1. The summed E-state index contributed by atoms with van der Waals surface area (Å²) in [6.45, 7) is 2.19. The maximum absolute atomic E-state index is 6.65. The number of benzene rings is 8. The Balaban J connectivity index is 1.07. The van der Waals surface area contributed by atoms with Crippen LogP contribution in [0.4, 0.5) is 17.1 Å². The van der Waals surface area contributed by atoms with Crippen molar-refractivity contribution in [1.82, 2.24) is 4.98 Å². The molecule has 3 aromatic heterocycles. The van der Waals surface area contributed by atoms with Crippen molar-refractivity contribution in [2.45, 2.75) is 6.92 Å². The van der Waals surface area contributed by atoms with Crippen molar-refractivity contribution in [1.29, 1.82) is 0 Å². The van der Waals surface area contributed by atoms with Gasteiger partial charge in [0.15, 0.2) is 5.58 Å². The number of para-hydroxylation sites is 1. The van der Waals surface area contributed by atoms with Crippen LogP contribution in [0.15, 0.2) is 168 Å². The predicted octanol–water partition coefficient (Wildman–Crippen LogP) is 14.7. The molecule has 8 aromatic carbocycles. The first-order valence-corrected chi connectivity index (χ1v) is 19.2. The molecule has 0 saturated heterocycles. The molecule has 0 atom stereocenters. The minimum atomic E-state index is 0.830. The van der Waals surface area contributed by atoms with Gasteiger partial charge in [0.25, 0.3) is 0 Å². The van der Waals surface area contributed by atoms with Gasteiger partial charge in [0.05, 0.1) is 17.1 Å². The smallest absolute Gasteiger partial charge is 0.161 e. The first kappa shape index (κ1) is 29.8. The van der Waals surface area contributed by atoms with E-state index in [1.165, 1.54) is 64.2 Å². The van der Waals surface area contributed by atoms with Crippen LogP contribution < -0.4 is 4.90 Å². The summed E-state index contributed by atoms with van der Waals surface area (Å²) < 4.78 is 9.23. The average Bonchev–Trinajstić information content (AvgIpc) is 3.79. The van der Waals surface area contributed by atoms with Crippen molar-refractivity contribution in [3.05, 3.63) is 169 Å². The number of hydrogen-bond donors (Lipinski definition) is 0. The van der Waals surface area contributed by atoms with E-state index in [4.69, 9.17) is 9.40 Å². The fourth-order valence-electron chi connectivity index (χ4n) is 8.91. The quantitative estimate of drug-likeness (QED) is 0.183. The van der Waals surface area contributed by atoms with Gasteiger partial charge in [0, 0.05) is 58.7 Å². The SMILES string of the molecule is Cc1c(-c2ccc(N3c4c(ccc5ccccc45)-c4cccc5cccc3c45)cc2)nc2c(oc3ccccc32)c1-c1ccc2sc3ccccc3c2c1. The lowest BCUT2D eigenvalue weighted by Gasteiger charge is -2.34. The van der Waals surface area contributed by atoms with Crippen LogP contribution in [0.1, 0.15) is 5.56 Å². The van der Waals surface area contributed by atoms with Crippen molar-refractivity contribution < 1.29 is 4.42 Å². The molecule has 54 heavy (non-hydrogen) atoms. The Hall–Kier alpha value is -6.75. The molecule has 1 aliphatic rings. The lowest BCUT2D eigenvalue weighted by molar-refractivity contribution is 0.669. The van der Waals surface area contributed by atoms with Gasteiger partial charge in [-0.25, -0.2) is 4.98 Å². The fraction of sp³-hybridized carbons (Fsp3) is 0.0200. The predicted molar refractivity (Wildman–Crippen MR) is 229 cm³/mol. The first-order valence-electron chi connectivity index (χ1n) is 18.4. The largest absolute Gasteiger partial charge is 0.454 e. The number of pyridine rings is 1. The highest BCUT2D eigenvalue weighted by atomic mass is 32.1. The zero-order valence-electron chi connectivity index (χ0n) is 29.3. The van der Waals surface area contributed by atoms with E-state index in [9.17, 15) is 0 Å². The maximum Gasteiger partial charge on any atom is 0.161 e. The molecule has 0 N–H and O–H groups in total. The second-order valence-electron chi connectivity index (χ2n) is 14.3. The summed E-state index contributed by atoms with van der Waals surface area (Å²) in [5.41, 5.74) is 14.0. The minimum Gasteiger partial charge on any atom is -0.454 e. The Morgan fingerprint density at radius 2 is 1.28 bits per heavy atom. The van der Waals surface area contributed by atoms with Crippen molar-refractivity contribution in [3.8, 4) is 33.5 Å². The summed E-state index contributed by atoms with van der Waals surface area (Å²) >= 11 is 1.84. The number of rotatable bonds is 3. The Kier molecular flexibility index (Phi) is 6.14. The van der Waals surface area contributed by atoms with Gasteiger partial charge in [-0.2, -0.15) is 0 Å². The summed E-state index contributed by atoms with van der Waals surface area (Å²) in [7, 11) is 0. The van der Waals surface area contributed by atoms with Crippen LogP contribution in [0.3, 0.4) is 0 Å². The molecule has 252 valence electrons. The van der Waals surface area contributed by atoms with E-state index < -0.39 is 0 Å². The molecule has 0 saturated carbocycles. The molecule has 0 fully saturated rings. The molecular formula is C50H30N2OS. The highest BCUT2D eigenvalue weighted by molar-refractivity contribution is 7.25. The zero-order chi connectivity index (χ0) is 35.5. The van der Waals surface area contributed by atoms with Gasteiger partial charge in [-0.1, -0.05) is 115 Å². The molecular weight excluding hydrogens is 677 g/mol. The van der Waals surface area contributed by atoms with Crippen LogP contribution in [-0.2, 0) is 0 Å². The van der Waals surface area contributed by atoms with Crippen molar-refractivity contribution in [2.24, 2.45) is 0 Å². The normalized spacial score (nSPS) is 12.5. The molecule has 3 nitrogen and oxygen atoms in total. The maximum atomic E-state index is 6.65. The molecule has 4 heteroatoms. The fourth-order valence-corrected chi connectivity index (χ4v) is 10.00. The molecule has 12 rings (SSSR count). The van der Waals surface area contributed by atoms with E-state index in [1.807, 2.05) is 23.5 Å². The third-order valence-corrected chi connectivity index (χ3v) is 12.5. The van der Waals surface area contributed by atoms with Gasteiger partial charge < -0.3 is 9.32 Å². The Morgan fingerprint density at radius 1 is 0.556 bits per heavy atom. The van der Waals surface area contributed by atoms with Crippen LogP contribution in [-0.4, -0.2) is 4.98 Å². The summed E-state index contributed by atoms with van der Waals surface area (Å²) in [6.07, 6.45) is 0. The van der Waals surface area contributed by atoms with Crippen LogP contribution in [0.2, 0.25) is 0 Å². The van der Waals surface area contributed by atoms with E-state index in [-0.39, 0.29) is 0 Å². The average molecular weight is 707 g/mol. The second kappa shape index (κ2) is 11.1. The standard InChI is InChI=1S/C50H30N2OS/c1-29-45(33-23-27-44-40(28-33)36-14-5-7-19-43(36)54-44)50-48(39-15-4-6-18-42(39)53-50)51-47(29)32-20-24-34(25-21-32)52-41-17-9-12-31-11-8-16-37(46(31)41)38-26-22-30-10-2-3-13-35(30)49(38)52/h2-28H,1H3. The molecule has 0 unspecified atom stereocenters. The number of thiophene rings is 1. The van der Waals surface area contributed by atoms with Crippen molar-refractivity contribution >= 4 is 92.2 Å². The Labute approximate surface area is 315 Å². The van der Waals surface area contributed by atoms with E-state index in [1.54, 1.807) is 0 Å². The van der Waals surface area contributed by atoms with Gasteiger partial charge >= 0.3 is 0 Å². The summed E-state index contributed by atoms with van der Waals surface area (Å²) in [4.78, 5) is 7.85. The van der Waals surface area contributed by atoms with E-state index in [0.717, 1.165) is 55.7 Å². The third kappa shape index (κ3) is 4.14. The lowest BCUT2D eigenvalue weighted by Crippen LogP contribution is -2.15. The lowest BCUT2D eigenvalue weighted by atomic mass is 9.88. The molecule has 0 amide bonds. The summed E-state index contributed by atoms with van der Waals surface area (Å²) in [5.74, 6) is 0.